The van der Waals surface area contributed by atoms with Crippen LogP contribution in [0.3, 0.4) is 0 Å². The lowest BCUT2D eigenvalue weighted by Gasteiger charge is -2.27. The average Bonchev–Trinajstić information content (AvgIpc) is 2.86. The lowest BCUT2D eigenvalue weighted by molar-refractivity contribution is -0.192. The Kier molecular flexibility index (Phi) is 6.32. The number of aryl methyl sites for hydroxylation is 1. The molecule has 1 aliphatic carbocycles. The quantitative estimate of drug-likeness (QED) is 0.679. The number of hydrogen-bond donors (Lipinski definition) is 2. The molecule has 2 heterocycles. The van der Waals surface area contributed by atoms with Crippen LogP contribution in [0.5, 0.6) is 0 Å². The first-order valence-corrected chi connectivity index (χ1v) is 8.08. The van der Waals surface area contributed by atoms with E-state index in [1.54, 1.807) is 6.26 Å². The molecule has 0 bridgehead atoms. The number of amides is 1. The highest BCUT2D eigenvalue weighted by molar-refractivity contribution is 5.93. The Morgan fingerprint density at radius 2 is 2.00 bits per heavy atom. The van der Waals surface area contributed by atoms with Crippen molar-refractivity contribution in [2.24, 2.45) is 11.7 Å². The summed E-state index contributed by atoms with van der Waals surface area (Å²) in [6.07, 6.45) is 0.289. The number of alkyl halides is 3. The summed E-state index contributed by atoms with van der Waals surface area (Å²) in [5, 5.41) is 7.12. The van der Waals surface area contributed by atoms with Gasteiger partial charge in [-0.15, -0.1) is 0 Å². The van der Waals surface area contributed by atoms with Crippen LogP contribution in [0, 0.1) is 17.8 Å². The fraction of sp³-hybridized carbons (Fsp3) is 0.529. The average molecular weight is 372 g/mol. The lowest BCUT2D eigenvalue weighted by atomic mass is 9.81. The summed E-state index contributed by atoms with van der Waals surface area (Å²) >= 11 is 0. The van der Waals surface area contributed by atoms with E-state index >= 15 is 0 Å². The van der Waals surface area contributed by atoms with Crippen molar-refractivity contribution in [2.75, 3.05) is 6.54 Å². The number of fused-ring (bicyclic) bond motifs is 1. The van der Waals surface area contributed by atoms with Gasteiger partial charge < -0.3 is 20.2 Å². The normalized spacial score (nSPS) is 21.8. The zero-order valence-corrected chi connectivity index (χ0v) is 13.9. The predicted octanol–water partition coefficient (Wildman–Crippen LogP) is 1.93. The van der Waals surface area contributed by atoms with Crippen molar-refractivity contribution in [3.63, 3.8) is 0 Å². The summed E-state index contributed by atoms with van der Waals surface area (Å²) in [5.41, 5.74) is 6.82. The van der Waals surface area contributed by atoms with Gasteiger partial charge in [0.2, 0.25) is 0 Å². The monoisotopic (exact) mass is 372 g/mol. The smallest absolute Gasteiger partial charge is 0.475 e. The summed E-state index contributed by atoms with van der Waals surface area (Å²) in [4.78, 5) is 22.8. The van der Waals surface area contributed by atoms with Crippen molar-refractivity contribution in [1.82, 2.24) is 4.90 Å². The Morgan fingerprint density at radius 1 is 1.35 bits per heavy atom. The maximum atomic E-state index is 12.1. The SMILES string of the molecule is NC1CC(C#CC(=O)N2CCCc3occc3C2)C1.O=C(O)C(F)(F)F. The minimum atomic E-state index is -5.08. The second kappa shape index (κ2) is 8.27. The number of nitrogens with zero attached hydrogens (tertiary/aromatic N) is 1. The first-order valence-electron chi connectivity index (χ1n) is 8.08. The van der Waals surface area contributed by atoms with Gasteiger partial charge in [-0.3, -0.25) is 4.79 Å². The molecule has 6 nitrogen and oxygen atoms in total. The molecule has 1 saturated carbocycles. The van der Waals surface area contributed by atoms with E-state index in [2.05, 4.69) is 11.8 Å². The zero-order valence-electron chi connectivity index (χ0n) is 13.9. The highest BCUT2D eigenvalue weighted by atomic mass is 19.4. The molecule has 1 aromatic heterocycles. The van der Waals surface area contributed by atoms with E-state index in [0.717, 1.165) is 43.6 Å². The zero-order chi connectivity index (χ0) is 19.3. The summed E-state index contributed by atoms with van der Waals surface area (Å²) in [6, 6.07) is 2.22. The van der Waals surface area contributed by atoms with Crippen LogP contribution < -0.4 is 5.73 Å². The molecule has 1 aromatic rings. The predicted molar refractivity (Wildman–Crippen MR) is 84.6 cm³/mol. The number of carbonyl (C=O) groups is 2. The first-order chi connectivity index (χ1) is 12.2. The van der Waals surface area contributed by atoms with Gasteiger partial charge in [-0.05, 0) is 31.2 Å². The fourth-order valence-corrected chi connectivity index (χ4v) is 2.64. The molecular weight excluding hydrogens is 353 g/mol. The number of furan rings is 1. The van der Waals surface area contributed by atoms with Gasteiger partial charge in [-0.25, -0.2) is 4.79 Å². The molecule has 142 valence electrons. The van der Waals surface area contributed by atoms with Gasteiger partial charge in [0.15, 0.2) is 0 Å². The highest BCUT2D eigenvalue weighted by Gasteiger charge is 2.38. The molecule has 26 heavy (non-hydrogen) atoms. The molecule has 1 fully saturated rings. The van der Waals surface area contributed by atoms with Gasteiger partial charge >= 0.3 is 12.1 Å². The summed E-state index contributed by atoms with van der Waals surface area (Å²) in [6.45, 7) is 1.37. The number of nitrogens with two attached hydrogens (primary N) is 1. The van der Waals surface area contributed by atoms with Crippen molar-refractivity contribution in [2.45, 2.75) is 44.4 Å². The Bertz CT molecular complexity index is 712. The minimum Gasteiger partial charge on any atom is -0.475 e. The summed E-state index contributed by atoms with van der Waals surface area (Å²) < 4.78 is 37.1. The molecule has 9 heteroatoms. The van der Waals surface area contributed by atoms with Crippen molar-refractivity contribution in [3.05, 3.63) is 23.7 Å². The first kappa shape index (κ1) is 19.8. The molecular formula is C17H19F3N2O4. The number of aliphatic carboxylic acids is 1. The van der Waals surface area contributed by atoms with Crippen LogP contribution in [0.25, 0.3) is 0 Å². The molecule has 0 spiro atoms. The van der Waals surface area contributed by atoms with Crippen LogP contribution in [0.4, 0.5) is 13.2 Å². The molecule has 1 amide bonds. The van der Waals surface area contributed by atoms with Crippen molar-refractivity contribution in [3.8, 4) is 11.8 Å². The Labute approximate surface area is 148 Å². The third-order valence-corrected chi connectivity index (χ3v) is 4.12. The highest BCUT2D eigenvalue weighted by Crippen LogP contribution is 2.24. The van der Waals surface area contributed by atoms with Crippen LogP contribution in [0.1, 0.15) is 30.6 Å². The number of carboxylic acids is 1. The number of carbonyl (C=O) groups excluding carboxylic acids is 1. The van der Waals surface area contributed by atoms with Crippen LogP contribution >= 0.6 is 0 Å². The molecule has 3 rings (SSSR count). The molecule has 0 aromatic carbocycles. The Morgan fingerprint density at radius 3 is 2.58 bits per heavy atom. The standard InChI is InChI=1S/C15H18N2O2.C2HF3O2/c16-13-8-11(9-13)3-4-15(18)17-6-1-2-14-12(10-17)5-7-19-14;3-2(4,5)1(6)7/h5,7,11,13H,1-2,6,8-10,16H2;(H,6,7). The Balaban J connectivity index is 0.000000298. The van der Waals surface area contributed by atoms with Gasteiger partial charge in [-0.2, -0.15) is 13.2 Å². The Hall–Kier alpha value is -2.47. The number of carboxylic acid groups (broad SMARTS) is 1. The van der Waals surface area contributed by atoms with Crippen molar-refractivity contribution >= 4 is 11.9 Å². The van der Waals surface area contributed by atoms with E-state index < -0.39 is 12.1 Å². The molecule has 2 aliphatic rings. The molecule has 0 radical (unpaired) electrons. The van der Waals surface area contributed by atoms with E-state index in [1.165, 1.54) is 0 Å². The summed E-state index contributed by atoms with van der Waals surface area (Å²) in [5.74, 6) is 4.31. The van der Waals surface area contributed by atoms with E-state index in [0.29, 0.717) is 12.5 Å². The minimum absolute atomic E-state index is 0.0745. The van der Waals surface area contributed by atoms with Crippen LogP contribution in [0.2, 0.25) is 0 Å². The molecule has 1 aliphatic heterocycles. The van der Waals surface area contributed by atoms with Crippen molar-refractivity contribution in [1.29, 1.82) is 0 Å². The number of rotatable bonds is 0. The van der Waals surface area contributed by atoms with Crippen molar-refractivity contribution < 1.29 is 32.3 Å². The molecule has 0 atom stereocenters. The van der Waals surface area contributed by atoms with E-state index in [1.807, 2.05) is 11.0 Å². The lowest BCUT2D eigenvalue weighted by Crippen LogP contribution is -2.35. The van der Waals surface area contributed by atoms with Gasteiger partial charge in [0, 0.05) is 30.5 Å². The maximum absolute atomic E-state index is 12.1. The summed E-state index contributed by atoms with van der Waals surface area (Å²) in [7, 11) is 0. The van der Waals surface area contributed by atoms with Gasteiger partial charge in [0.25, 0.3) is 5.91 Å². The third kappa shape index (κ3) is 5.52. The third-order valence-electron chi connectivity index (χ3n) is 4.12. The van der Waals surface area contributed by atoms with Crippen LogP contribution in [0.15, 0.2) is 16.7 Å². The number of hydrogen-bond acceptors (Lipinski definition) is 4. The molecule has 0 unspecified atom stereocenters. The maximum Gasteiger partial charge on any atom is 0.490 e. The molecule has 0 saturated heterocycles. The van der Waals surface area contributed by atoms with E-state index in [9.17, 15) is 18.0 Å². The van der Waals surface area contributed by atoms with Crippen LogP contribution in [-0.4, -0.2) is 40.6 Å². The topological polar surface area (TPSA) is 96.8 Å². The second-order valence-corrected chi connectivity index (χ2v) is 6.20. The van der Waals surface area contributed by atoms with Gasteiger partial charge in [0.05, 0.1) is 12.8 Å². The number of halogens is 3. The largest absolute Gasteiger partial charge is 0.490 e. The van der Waals surface area contributed by atoms with Crippen LogP contribution in [-0.2, 0) is 22.6 Å². The molecule has 3 N–H and O–H groups in total. The van der Waals surface area contributed by atoms with Gasteiger partial charge in [-0.1, -0.05) is 5.92 Å². The van der Waals surface area contributed by atoms with Gasteiger partial charge in [0.1, 0.15) is 5.76 Å². The van der Waals surface area contributed by atoms with E-state index in [4.69, 9.17) is 20.1 Å². The van der Waals surface area contributed by atoms with E-state index in [-0.39, 0.29) is 11.9 Å². The fourth-order valence-electron chi connectivity index (χ4n) is 2.64. The second-order valence-electron chi connectivity index (χ2n) is 6.20.